The average molecular weight is 169 g/mol. The van der Waals surface area contributed by atoms with E-state index in [9.17, 15) is 0 Å². The van der Waals surface area contributed by atoms with Crippen LogP contribution in [0.2, 0.25) is 5.15 Å². The Balaban J connectivity index is 2.91. The van der Waals surface area contributed by atoms with E-state index in [2.05, 4.69) is 15.1 Å². The molecule has 0 spiro atoms. The van der Waals surface area contributed by atoms with Gasteiger partial charge in [-0.2, -0.15) is 5.10 Å². The maximum Gasteiger partial charge on any atom is 0.176 e. The molecule has 0 saturated carbocycles. The molecule has 5 heteroatoms. The summed E-state index contributed by atoms with van der Waals surface area (Å²) < 4.78 is 1.60. The Kier molecular flexibility index (Phi) is 1.29. The zero-order valence-corrected chi connectivity index (χ0v) is 6.58. The van der Waals surface area contributed by atoms with Crippen LogP contribution in [0.1, 0.15) is 5.69 Å². The Bertz CT molecular complexity index is 394. The molecule has 56 valence electrons. The molecule has 0 unspecified atom stereocenters. The van der Waals surface area contributed by atoms with Gasteiger partial charge in [-0.3, -0.25) is 0 Å². The maximum absolute atomic E-state index is 5.68. The molecule has 0 saturated heterocycles. The van der Waals surface area contributed by atoms with Crippen molar-refractivity contribution in [3.05, 3.63) is 23.4 Å². The molecule has 0 atom stereocenters. The van der Waals surface area contributed by atoms with E-state index in [0.717, 1.165) is 11.3 Å². The first-order chi connectivity index (χ1) is 5.27. The van der Waals surface area contributed by atoms with Crippen LogP contribution in [-0.4, -0.2) is 19.6 Å². The summed E-state index contributed by atoms with van der Waals surface area (Å²) in [7, 11) is 0. The second kappa shape index (κ2) is 2.17. The minimum Gasteiger partial charge on any atom is -0.236 e. The summed E-state index contributed by atoms with van der Waals surface area (Å²) >= 11 is 5.68. The standard InChI is InChI=1S/C6H5ClN4/c1-4-6-8-3-9-11(6)2-5(7)10-4/h2-3H,1H3. The highest BCUT2D eigenvalue weighted by Gasteiger charge is 2.01. The molecule has 0 aliphatic heterocycles. The molecule has 0 N–H and O–H groups in total. The Morgan fingerprint density at radius 2 is 2.36 bits per heavy atom. The van der Waals surface area contributed by atoms with Crippen LogP contribution in [0.15, 0.2) is 12.5 Å². The molecule has 11 heavy (non-hydrogen) atoms. The first kappa shape index (κ1) is 6.54. The third-order valence-corrected chi connectivity index (χ3v) is 1.58. The van der Waals surface area contributed by atoms with E-state index in [-0.39, 0.29) is 0 Å². The number of halogens is 1. The molecule has 0 fully saturated rings. The molecular formula is C6H5ClN4. The largest absolute Gasteiger partial charge is 0.236 e. The van der Waals surface area contributed by atoms with Gasteiger partial charge in [0.15, 0.2) is 5.65 Å². The van der Waals surface area contributed by atoms with Crippen molar-refractivity contribution in [2.45, 2.75) is 6.92 Å². The van der Waals surface area contributed by atoms with E-state index in [4.69, 9.17) is 11.6 Å². The van der Waals surface area contributed by atoms with Crippen molar-refractivity contribution in [2.24, 2.45) is 0 Å². The highest BCUT2D eigenvalue weighted by molar-refractivity contribution is 6.29. The van der Waals surface area contributed by atoms with E-state index >= 15 is 0 Å². The quantitative estimate of drug-likeness (QED) is 0.592. The molecule has 0 amide bonds. The van der Waals surface area contributed by atoms with Crippen LogP contribution in [0.5, 0.6) is 0 Å². The Morgan fingerprint density at radius 1 is 1.55 bits per heavy atom. The highest BCUT2D eigenvalue weighted by atomic mass is 35.5. The average Bonchev–Trinajstić information content (AvgIpc) is 2.34. The summed E-state index contributed by atoms with van der Waals surface area (Å²) in [5, 5.41) is 4.35. The summed E-state index contributed by atoms with van der Waals surface area (Å²) in [6.45, 7) is 1.84. The van der Waals surface area contributed by atoms with Gasteiger partial charge in [-0.1, -0.05) is 11.6 Å². The Morgan fingerprint density at radius 3 is 3.18 bits per heavy atom. The number of rotatable bonds is 0. The maximum atomic E-state index is 5.68. The SMILES string of the molecule is Cc1nc(Cl)cn2ncnc12. The molecule has 2 heterocycles. The van der Waals surface area contributed by atoms with Crippen molar-refractivity contribution in [1.82, 2.24) is 19.6 Å². The van der Waals surface area contributed by atoms with Crippen LogP contribution in [0.25, 0.3) is 5.65 Å². The summed E-state index contributed by atoms with van der Waals surface area (Å²) in [6.07, 6.45) is 3.09. The summed E-state index contributed by atoms with van der Waals surface area (Å²) in [5.74, 6) is 0. The van der Waals surface area contributed by atoms with Gasteiger partial charge in [-0.05, 0) is 6.92 Å². The van der Waals surface area contributed by atoms with Gasteiger partial charge in [0.05, 0.1) is 11.9 Å². The monoisotopic (exact) mass is 168 g/mol. The van der Waals surface area contributed by atoms with Crippen molar-refractivity contribution in [3.63, 3.8) is 0 Å². The third kappa shape index (κ3) is 0.952. The van der Waals surface area contributed by atoms with Crippen LogP contribution < -0.4 is 0 Å². The van der Waals surface area contributed by atoms with Crippen molar-refractivity contribution in [2.75, 3.05) is 0 Å². The molecule has 2 aromatic rings. The fourth-order valence-corrected chi connectivity index (χ4v) is 1.16. The molecular weight excluding hydrogens is 164 g/mol. The van der Waals surface area contributed by atoms with Crippen LogP contribution in [-0.2, 0) is 0 Å². The van der Waals surface area contributed by atoms with E-state index in [1.165, 1.54) is 6.33 Å². The van der Waals surface area contributed by atoms with Gasteiger partial charge >= 0.3 is 0 Å². The van der Waals surface area contributed by atoms with Gasteiger partial charge in [0.25, 0.3) is 0 Å². The fraction of sp³-hybridized carbons (Fsp3) is 0.167. The number of hydrogen-bond donors (Lipinski definition) is 0. The number of fused-ring (bicyclic) bond motifs is 1. The zero-order chi connectivity index (χ0) is 7.84. The molecule has 2 rings (SSSR count). The number of nitrogens with zero attached hydrogens (tertiary/aromatic N) is 4. The van der Waals surface area contributed by atoms with Crippen molar-refractivity contribution >= 4 is 17.2 Å². The van der Waals surface area contributed by atoms with Gasteiger partial charge in [0, 0.05) is 0 Å². The van der Waals surface area contributed by atoms with Gasteiger partial charge in [-0.25, -0.2) is 14.5 Å². The summed E-state index contributed by atoms with van der Waals surface area (Å²) in [4.78, 5) is 8.01. The minimum absolute atomic E-state index is 0.431. The lowest BCUT2D eigenvalue weighted by molar-refractivity contribution is 0.934. The predicted octanol–water partition coefficient (Wildman–Crippen LogP) is 1.09. The molecule has 2 aromatic heterocycles. The molecule has 0 aliphatic carbocycles. The second-order valence-electron chi connectivity index (χ2n) is 2.18. The molecule has 0 bridgehead atoms. The normalized spacial score (nSPS) is 10.7. The lowest BCUT2D eigenvalue weighted by Crippen LogP contribution is -1.93. The fourth-order valence-electron chi connectivity index (χ4n) is 0.944. The van der Waals surface area contributed by atoms with Crippen LogP contribution in [0, 0.1) is 6.92 Å². The Labute approximate surface area is 67.8 Å². The lowest BCUT2D eigenvalue weighted by atomic mass is 10.5. The van der Waals surface area contributed by atoms with Crippen molar-refractivity contribution in [1.29, 1.82) is 0 Å². The number of hydrogen-bond acceptors (Lipinski definition) is 3. The van der Waals surface area contributed by atoms with Gasteiger partial charge in [0.1, 0.15) is 11.5 Å². The summed E-state index contributed by atoms with van der Waals surface area (Å²) in [6, 6.07) is 0. The predicted molar refractivity (Wildman–Crippen MR) is 40.5 cm³/mol. The van der Waals surface area contributed by atoms with E-state index in [1.54, 1.807) is 10.7 Å². The number of aromatic nitrogens is 4. The van der Waals surface area contributed by atoms with Gasteiger partial charge in [-0.15, -0.1) is 0 Å². The van der Waals surface area contributed by atoms with E-state index in [0.29, 0.717) is 5.15 Å². The van der Waals surface area contributed by atoms with Crippen LogP contribution >= 0.6 is 11.6 Å². The molecule has 0 aliphatic rings. The van der Waals surface area contributed by atoms with E-state index < -0.39 is 0 Å². The second-order valence-corrected chi connectivity index (χ2v) is 2.56. The van der Waals surface area contributed by atoms with Crippen LogP contribution in [0.4, 0.5) is 0 Å². The van der Waals surface area contributed by atoms with Crippen LogP contribution in [0.3, 0.4) is 0 Å². The van der Waals surface area contributed by atoms with Crippen molar-refractivity contribution in [3.8, 4) is 0 Å². The first-order valence-electron chi connectivity index (χ1n) is 3.10. The Hall–Kier alpha value is -1.16. The first-order valence-corrected chi connectivity index (χ1v) is 3.47. The minimum atomic E-state index is 0.431. The van der Waals surface area contributed by atoms with Crippen molar-refractivity contribution < 1.29 is 0 Å². The van der Waals surface area contributed by atoms with Gasteiger partial charge in [0.2, 0.25) is 0 Å². The molecule has 4 nitrogen and oxygen atoms in total. The zero-order valence-electron chi connectivity index (χ0n) is 5.82. The topological polar surface area (TPSA) is 43.1 Å². The van der Waals surface area contributed by atoms with Gasteiger partial charge < -0.3 is 0 Å². The highest BCUT2D eigenvalue weighted by Crippen LogP contribution is 2.08. The lowest BCUT2D eigenvalue weighted by Gasteiger charge is -1.95. The molecule has 0 radical (unpaired) electrons. The third-order valence-electron chi connectivity index (χ3n) is 1.40. The molecule has 0 aromatic carbocycles. The summed E-state index contributed by atoms with van der Waals surface area (Å²) in [5.41, 5.74) is 1.53. The number of aryl methyl sites for hydroxylation is 1. The van der Waals surface area contributed by atoms with E-state index in [1.807, 2.05) is 6.92 Å². The smallest absolute Gasteiger partial charge is 0.176 e.